The van der Waals surface area contributed by atoms with Gasteiger partial charge < -0.3 is 0 Å². The van der Waals surface area contributed by atoms with Crippen LogP contribution in [-0.2, 0) is 6.42 Å². The van der Waals surface area contributed by atoms with Gasteiger partial charge in [-0.05, 0) is 63.6 Å². The third kappa shape index (κ3) is 2.88. The maximum atomic E-state index is 2.38. The zero-order chi connectivity index (χ0) is 12.4. The molecular formula is C17H22. The Morgan fingerprint density at radius 1 is 0.941 bits per heavy atom. The molecule has 0 N–H and O–H groups in total. The number of hydrogen-bond acceptors (Lipinski definition) is 0. The lowest BCUT2D eigenvalue weighted by atomic mass is 9.90. The van der Waals surface area contributed by atoms with Gasteiger partial charge in [0.2, 0.25) is 0 Å². The van der Waals surface area contributed by atoms with E-state index in [4.69, 9.17) is 0 Å². The minimum absolute atomic E-state index is 1.12. The average Bonchev–Trinajstić information content (AvgIpc) is 2.29. The van der Waals surface area contributed by atoms with Gasteiger partial charge in [-0.3, -0.25) is 0 Å². The molecule has 0 aromatic heterocycles. The summed E-state index contributed by atoms with van der Waals surface area (Å²) in [7, 11) is 0. The van der Waals surface area contributed by atoms with Crippen molar-refractivity contribution < 1.29 is 0 Å². The lowest BCUT2D eigenvalue weighted by molar-refractivity contribution is 0.853. The van der Waals surface area contributed by atoms with Crippen LogP contribution in [0.2, 0.25) is 0 Å². The molecule has 0 nitrogen and oxygen atoms in total. The molecule has 0 saturated carbocycles. The SMILES string of the molecule is CC1=C(C)CCC(Cc2ccc(C)c(C)c2)=C1. The Hall–Kier alpha value is -1.30. The second-order valence-corrected chi connectivity index (χ2v) is 5.36. The summed E-state index contributed by atoms with van der Waals surface area (Å²) in [5.74, 6) is 0. The van der Waals surface area contributed by atoms with Crippen LogP contribution in [0.25, 0.3) is 0 Å². The highest BCUT2D eigenvalue weighted by atomic mass is 14.1. The van der Waals surface area contributed by atoms with Crippen molar-refractivity contribution in [2.24, 2.45) is 0 Å². The Morgan fingerprint density at radius 3 is 2.35 bits per heavy atom. The molecule has 2 rings (SSSR count). The molecule has 0 atom stereocenters. The van der Waals surface area contributed by atoms with E-state index in [0.717, 1.165) is 6.42 Å². The van der Waals surface area contributed by atoms with Crippen LogP contribution >= 0.6 is 0 Å². The first-order chi connectivity index (χ1) is 8.06. The normalized spacial score (nSPS) is 16.1. The number of allylic oxidation sites excluding steroid dienone is 4. The Balaban J connectivity index is 2.17. The third-order valence-electron chi connectivity index (χ3n) is 3.92. The van der Waals surface area contributed by atoms with Crippen molar-refractivity contribution in [2.45, 2.75) is 47.0 Å². The van der Waals surface area contributed by atoms with Crippen molar-refractivity contribution in [2.75, 3.05) is 0 Å². The second-order valence-electron chi connectivity index (χ2n) is 5.36. The molecule has 0 saturated heterocycles. The Labute approximate surface area is 105 Å². The molecule has 0 heterocycles. The van der Waals surface area contributed by atoms with E-state index < -0.39 is 0 Å². The topological polar surface area (TPSA) is 0 Å². The Morgan fingerprint density at radius 2 is 1.71 bits per heavy atom. The van der Waals surface area contributed by atoms with Crippen molar-refractivity contribution in [1.29, 1.82) is 0 Å². The van der Waals surface area contributed by atoms with Gasteiger partial charge in [0.25, 0.3) is 0 Å². The van der Waals surface area contributed by atoms with Gasteiger partial charge in [0.1, 0.15) is 0 Å². The van der Waals surface area contributed by atoms with E-state index >= 15 is 0 Å². The summed E-state index contributed by atoms with van der Waals surface area (Å²) >= 11 is 0. The molecule has 1 aromatic carbocycles. The van der Waals surface area contributed by atoms with Gasteiger partial charge in [-0.25, -0.2) is 0 Å². The highest BCUT2D eigenvalue weighted by Crippen LogP contribution is 2.26. The first kappa shape index (κ1) is 12.2. The molecule has 1 aliphatic rings. The van der Waals surface area contributed by atoms with E-state index in [2.05, 4.69) is 52.0 Å². The maximum absolute atomic E-state index is 2.38. The lowest BCUT2D eigenvalue weighted by Gasteiger charge is -2.16. The first-order valence-electron chi connectivity index (χ1n) is 6.48. The number of rotatable bonds is 2. The van der Waals surface area contributed by atoms with Gasteiger partial charge in [0, 0.05) is 0 Å². The summed E-state index contributed by atoms with van der Waals surface area (Å²) < 4.78 is 0. The summed E-state index contributed by atoms with van der Waals surface area (Å²) in [6.07, 6.45) is 5.97. The average molecular weight is 226 g/mol. The van der Waals surface area contributed by atoms with Crippen LogP contribution in [0.3, 0.4) is 0 Å². The molecule has 0 spiro atoms. The van der Waals surface area contributed by atoms with Crippen molar-refractivity contribution in [3.63, 3.8) is 0 Å². The van der Waals surface area contributed by atoms with Crippen molar-refractivity contribution in [3.8, 4) is 0 Å². The fourth-order valence-corrected chi connectivity index (χ4v) is 2.36. The second kappa shape index (κ2) is 4.91. The molecular weight excluding hydrogens is 204 g/mol. The quantitative estimate of drug-likeness (QED) is 0.672. The van der Waals surface area contributed by atoms with Gasteiger partial charge in [-0.15, -0.1) is 0 Å². The standard InChI is InChI=1S/C17H22/c1-12-5-7-16(9-14(12)3)11-17-8-6-13(2)15(4)10-17/h5,7,9-10H,6,8,11H2,1-4H3. The largest absolute Gasteiger partial charge is 0.0701 e. The molecule has 0 unspecified atom stereocenters. The molecule has 0 aliphatic heterocycles. The minimum Gasteiger partial charge on any atom is -0.0701 e. The molecule has 17 heavy (non-hydrogen) atoms. The molecule has 0 heteroatoms. The van der Waals surface area contributed by atoms with E-state index in [1.807, 2.05) is 0 Å². The van der Waals surface area contributed by atoms with Crippen LogP contribution in [0.4, 0.5) is 0 Å². The molecule has 0 fully saturated rings. The van der Waals surface area contributed by atoms with E-state index in [1.54, 1.807) is 11.1 Å². The lowest BCUT2D eigenvalue weighted by Crippen LogP contribution is -1.99. The van der Waals surface area contributed by atoms with Gasteiger partial charge in [0.15, 0.2) is 0 Å². The van der Waals surface area contributed by atoms with E-state index in [0.29, 0.717) is 0 Å². The van der Waals surface area contributed by atoms with Crippen LogP contribution in [0, 0.1) is 13.8 Å². The molecule has 1 aromatic rings. The van der Waals surface area contributed by atoms with E-state index in [1.165, 1.54) is 35.1 Å². The minimum atomic E-state index is 1.12. The smallest absolute Gasteiger partial charge is 0.00637 e. The van der Waals surface area contributed by atoms with Crippen LogP contribution in [0.1, 0.15) is 43.4 Å². The maximum Gasteiger partial charge on any atom is -0.00637 e. The summed E-state index contributed by atoms with van der Waals surface area (Å²) in [5, 5.41) is 0. The van der Waals surface area contributed by atoms with Crippen molar-refractivity contribution in [3.05, 3.63) is 57.7 Å². The van der Waals surface area contributed by atoms with Crippen LogP contribution in [0.15, 0.2) is 41.0 Å². The number of benzene rings is 1. The van der Waals surface area contributed by atoms with Gasteiger partial charge in [0.05, 0.1) is 0 Å². The predicted octanol–water partition coefficient (Wildman–Crippen LogP) is 4.90. The molecule has 0 amide bonds. The van der Waals surface area contributed by atoms with Gasteiger partial charge in [-0.2, -0.15) is 0 Å². The summed E-state index contributed by atoms with van der Waals surface area (Å²) in [6, 6.07) is 6.84. The highest BCUT2D eigenvalue weighted by Gasteiger charge is 2.08. The molecule has 0 radical (unpaired) electrons. The third-order valence-corrected chi connectivity index (χ3v) is 3.92. The van der Waals surface area contributed by atoms with Gasteiger partial charge in [-0.1, -0.05) is 41.0 Å². The summed E-state index contributed by atoms with van der Waals surface area (Å²) in [5.41, 5.74) is 8.84. The molecule has 0 bridgehead atoms. The fourth-order valence-electron chi connectivity index (χ4n) is 2.36. The molecule has 90 valence electrons. The highest BCUT2D eigenvalue weighted by molar-refractivity contribution is 5.36. The zero-order valence-electron chi connectivity index (χ0n) is 11.4. The van der Waals surface area contributed by atoms with Crippen molar-refractivity contribution >= 4 is 0 Å². The number of aryl methyl sites for hydroxylation is 2. The predicted molar refractivity (Wildman–Crippen MR) is 75.3 cm³/mol. The molecule has 1 aliphatic carbocycles. The Bertz CT molecular complexity index is 487. The first-order valence-corrected chi connectivity index (χ1v) is 6.48. The number of hydrogen-bond donors (Lipinski definition) is 0. The Kier molecular flexibility index (Phi) is 3.51. The van der Waals surface area contributed by atoms with Crippen molar-refractivity contribution in [1.82, 2.24) is 0 Å². The zero-order valence-corrected chi connectivity index (χ0v) is 11.4. The monoisotopic (exact) mass is 226 g/mol. The fraction of sp³-hybridized carbons (Fsp3) is 0.412. The van der Waals surface area contributed by atoms with Crippen LogP contribution < -0.4 is 0 Å². The summed E-state index contributed by atoms with van der Waals surface area (Å²) in [6.45, 7) is 8.85. The van der Waals surface area contributed by atoms with E-state index in [-0.39, 0.29) is 0 Å². The van der Waals surface area contributed by atoms with Gasteiger partial charge >= 0.3 is 0 Å². The van der Waals surface area contributed by atoms with Crippen LogP contribution in [0.5, 0.6) is 0 Å². The summed E-state index contributed by atoms with van der Waals surface area (Å²) in [4.78, 5) is 0. The van der Waals surface area contributed by atoms with Crippen LogP contribution in [-0.4, -0.2) is 0 Å². The van der Waals surface area contributed by atoms with E-state index in [9.17, 15) is 0 Å².